The van der Waals surface area contributed by atoms with E-state index in [1.807, 2.05) is 54.8 Å². The van der Waals surface area contributed by atoms with Crippen LogP contribution in [0.1, 0.15) is 77.6 Å². The lowest BCUT2D eigenvalue weighted by molar-refractivity contribution is 0.0935. The molecule has 5 heteroatoms. The number of rotatable bonds is 5. The Kier molecular flexibility index (Phi) is 6.25. The number of hydrogen-bond donors (Lipinski definition) is 1. The SMILES string of the molecule is CC(NC(=O)c1csc(C2CCCCC2)n1)c1ccc(-c2cccc(C#N)c2)cc1. The van der Waals surface area contributed by atoms with Gasteiger partial charge in [0.2, 0.25) is 0 Å². The maximum absolute atomic E-state index is 12.7. The van der Waals surface area contributed by atoms with Crippen LogP contribution in [0.3, 0.4) is 0 Å². The summed E-state index contributed by atoms with van der Waals surface area (Å²) in [6, 6.07) is 17.7. The minimum absolute atomic E-state index is 0.114. The second-order valence-electron chi connectivity index (χ2n) is 7.92. The van der Waals surface area contributed by atoms with E-state index in [4.69, 9.17) is 5.26 Å². The van der Waals surface area contributed by atoms with Gasteiger partial charge >= 0.3 is 0 Å². The maximum atomic E-state index is 12.7. The first-order chi connectivity index (χ1) is 14.6. The molecule has 4 nitrogen and oxygen atoms in total. The van der Waals surface area contributed by atoms with E-state index in [2.05, 4.69) is 16.4 Å². The van der Waals surface area contributed by atoms with E-state index < -0.39 is 0 Å². The van der Waals surface area contributed by atoms with Gasteiger partial charge in [-0.1, -0.05) is 55.7 Å². The van der Waals surface area contributed by atoms with Crippen LogP contribution in [0, 0.1) is 11.3 Å². The molecule has 30 heavy (non-hydrogen) atoms. The molecule has 1 aliphatic carbocycles. The second kappa shape index (κ2) is 9.23. The quantitative estimate of drug-likeness (QED) is 0.538. The molecule has 0 saturated heterocycles. The molecule has 0 aliphatic heterocycles. The Bertz CT molecular complexity index is 1060. The van der Waals surface area contributed by atoms with Crippen molar-refractivity contribution in [3.05, 3.63) is 75.7 Å². The Balaban J connectivity index is 1.41. The normalized spacial score (nSPS) is 15.3. The van der Waals surface area contributed by atoms with Crippen LogP contribution in [0.15, 0.2) is 53.9 Å². The molecule has 3 aromatic rings. The third kappa shape index (κ3) is 4.60. The van der Waals surface area contributed by atoms with Crippen molar-refractivity contribution in [2.45, 2.75) is 51.0 Å². The lowest BCUT2D eigenvalue weighted by Gasteiger charge is -2.19. The number of nitriles is 1. The van der Waals surface area contributed by atoms with Gasteiger partial charge in [-0.2, -0.15) is 5.26 Å². The second-order valence-corrected chi connectivity index (χ2v) is 8.81. The third-order valence-corrected chi connectivity index (χ3v) is 6.80. The van der Waals surface area contributed by atoms with Crippen LogP contribution >= 0.6 is 11.3 Å². The lowest BCUT2D eigenvalue weighted by atomic mass is 9.90. The van der Waals surface area contributed by atoms with Crippen molar-refractivity contribution in [2.24, 2.45) is 0 Å². The van der Waals surface area contributed by atoms with Crippen LogP contribution < -0.4 is 5.32 Å². The molecule has 1 atom stereocenters. The Morgan fingerprint density at radius 1 is 1.13 bits per heavy atom. The van der Waals surface area contributed by atoms with Gasteiger partial charge in [-0.15, -0.1) is 11.3 Å². The molecular weight excluding hydrogens is 390 g/mol. The molecule has 2 aromatic carbocycles. The molecule has 1 aliphatic rings. The number of nitrogens with one attached hydrogen (secondary N) is 1. The fraction of sp³-hybridized carbons (Fsp3) is 0.320. The van der Waals surface area contributed by atoms with Crippen molar-refractivity contribution in [1.29, 1.82) is 5.26 Å². The third-order valence-electron chi connectivity index (χ3n) is 5.79. The highest BCUT2D eigenvalue weighted by Gasteiger charge is 2.21. The Labute approximate surface area is 181 Å². The highest BCUT2D eigenvalue weighted by Crippen LogP contribution is 2.34. The number of amides is 1. The maximum Gasteiger partial charge on any atom is 0.271 e. The lowest BCUT2D eigenvalue weighted by Crippen LogP contribution is -2.27. The number of carbonyl (C=O) groups excluding carboxylic acids is 1. The average Bonchev–Trinajstić information content (AvgIpc) is 3.30. The van der Waals surface area contributed by atoms with Gasteiger partial charge in [-0.05, 0) is 48.6 Å². The van der Waals surface area contributed by atoms with Crippen LogP contribution in [-0.2, 0) is 0 Å². The van der Waals surface area contributed by atoms with Crippen LogP contribution in [0.5, 0.6) is 0 Å². The molecule has 1 fully saturated rings. The highest BCUT2D eigenvalue weighted by molar-refractivity contribution is 7.09. The minimum Gasteiger partial charge on any atom is -0.344 e. The summed E-state index contributed by atoms with van der Waals surface area (Å²) in [5.74, 6) is 0.404. The van der Waals surface area contributed by atoms with Crippen molar-refractivity contribution in [1.82, 2.24) is 10.3 Å². The van der Waals surface area contributed by atoms with Crippen LogP contribution in [-0.4, -0.2) is 10.9 Å². The molecule has 152 valence electrons. The van der Waals surface area contributed by atoms with Crippen molar-refractivity contribution >= 4 is 17.2 Å². The first-order valence-corrected chi connectivity index (χ1v) is 11.4. The monoisotopic (exact) mass is 415 g/mol. The largest absolute Gasteiger partial charge is 0.344 e. The van der Waals surface area contributed by atoms with E-state index in [-0.39, 0.29) is 11.9 Å². The van der Waals surface area contributed by atoms with E-state index in [0.29, 0.717) is 17.2 Å². The summed E-state index contributed by atoms with van der Waals surface area (Å²) in [6.45, 7) is 1.98. The molecule has 1 heterocycles. The summed E-state index contributed by atoms with van der Waals surface area (Å²) in [6.07, 6.45) is 6.22. The smallest absolute Gasteiger partial charge is 0.271 e. The van der Waals surface area contributed by atoms with Crippen LogP contribution in [0.4, 0.5) is 0 Å². The summed E-state index contributed by atoms with van der Waals surface area (Å²) >= 11 is 1.61. The number of hydrogen-bond acceptors (Lipinski definition) is 4. The number of benzene rings is 2. The number of thiazole rings is 1. The van der Waals surface area contributed by atoms with Crippen LogP contribution in [0.2, 0.25) is 0 Å². The van der Waals surface area contributed by atoms with Gasteiger partial charge < -0.3 is 5.32 Å². The molecule has 1 unspecified atom stereocenters. The zero-order chi connectivity index (χ0) is 20.9. The first kappa shape index (κ1) is 20.3. The molecule has 4 rings (SSSR count). The van der Waals surface area contributed by atoms with Gasteiger partial charge in [0.1, 0.15) is 5.69 Å². The van der Waals surface area contributed by atoms with Crippen molar-refractivity contribution < 1.29 is 4.79 Å². The zero-order valence-electron chi connectivity index (χ0n) is 17.1. The van der Waals surface area contributed by atoms with Crippen molar-refractivity contribution in [3.63, 3.8) is 0 Å². The summed E-state index contributed by atoms with van der Waals surface area (Å²) in [4.78, 5) is 17.3. The fourth-order valence-electron chi connectivity index (χ4n) is 4.02. The van der Waals surface area contributed by atoms with E-state index in [9.17, 15) is 4.79 Å². The predicted molar refractivity (Wildman–Crippen MR) is 120 cm³/mol. The van der Waals surface area contributed by atoms with Gasteiger partial charge in [-0.3, -0.25) is 4.79 Å². The average molecular weight is 416 g/mol. The number of carbonyl (C=O) groups is 1. The Morgan fingerprint density at radius 3 is 2.63 bits per heavy atom. The molecule has 0 bridgehead atoms. The van der Waals surface area contributed by atoms with Crippen molar-refractivity contribution in [3.8, 4) is 17.2 Å². The Hall–Kier alpha value is -2.97. The van der Waals surface area contributed by atoms with Gasteiger partial charge in [-0.25, -0.2) is 4.98 Å². The van der Waals surface area contributed by atoms with Gasteiger partial charge in [0.25, 0.3) is 5.91 Å². The molecular formula is C25H25N3OS. The Morgan fingerprint density at radius 2 is 1.90 bits per heavy atom. The molecule has 0 spiro atoms. The van der Waals surface area contributed by atoms with Crippen LogP contribution in [0.25, 0.3) is 11.1 Å². The molecule has 1 aromatic heterocycles. The minimum atomic E-state index is -0.119. The highest BCUT2D eigenvalue weighted by atomic mass is 32.1. The van der Waals surface area contributed by atoms with Gasteiger partial charge in [0, 0.05) is 11.3 Å². The summed E-state index contributed by atoms with van der Waals surface area (Å²) in [5, 5.41) is 15.1. The standard InChI is InChI=1S/C25H25N3OS/c1-17(19-10-12-20(13-11-19)22-9-5-6-18(14-22)15-26)27-24(29)23-16-30-25(28-23)21-7-3-2-4-8-21/h5-6,9-14,16-17,21H,2-4,7-8H2,1H3,(H,27,29). The van der Waals surface area contributed by atoms with Gasteiger partial charge in [0.15, 0.2) is 0 Å². The van der Waals surface area contributed by atoms with Gasteiger partial charge in [0.05, 0.1) is 22.7 Å². The summed E-state index contributed by atoms with van der Waals surface area (Å²) in [7, 11) is 0. The summed E-state index contributed by atoms with van der Waals surface area (Å²) < 4.78 is 0. The molecule has 1 N–H and O–H groups in total. The van der Waals surface area contributed by atoms with E-state index in [1.54, 1.807) is 17.4 Å². The summed E-state index contributed by atoms with van der Waals surface area (Å²) in [5.41, 5.74) is 4.26. The first-order valence-electron chi connectivity index (χ1n) is 10.5. The number of nitrogens with zero attached hydrogens (tertiary/aromatic N) is 2. The van der Waals surface area contributed by atoms with E-state index >= 15 is 0 Å². The molecule has 0 radical (unpaired) electrons. The number of aromatic nitrogens is 1. The fourth-order valence-corrected chi connectivity index (χ4v) is 4.99. The molecule has 1 amide bonds. The molecule has 1 saturated carbocycles. The van der Waals surface area contributed by atoms with Crippen molar-refractivity contribution in [2.75, 3.05) is 0 Å². The van der Waals surface area contributed by atoms with E-state index in [0.717, 1.165) is 21.7 Å². The predicted octanol–water partition coefficient (Wildman–Crippen LogP) is 6.22. The topological polar surface area (TPSA) is 65.8 Å². The zero-order valence-corrected chi connectivity index (χ0v) is 17.9. The van der Waals surface area contributed by atoms with E-state index in [1.165, 1.54) is 32.1 Å².